The Kier molecular flexibility index (Phi) is 8.67. The molecule has 0 bridgehead atoms. The van der Waals surface area contributed by atoms with E-state index in [1.54, 1.807) is 12.1 Å². The number of nitrogens with zero attached hydrogens (tertiary/aromatic N) is 1. The number of carbonyl (C=O) groups excluding carboxylic acids is 2. The normalized spacial score (nSPS) is 14.4. The number of sulfonamides is 1. The zero-order chi connectivity index (χ0) is 25.5. The van der Waals surface area contributed by atoms with Gasteiger partial charge < -0.3 is 10.6 Å². The van der Waals surface area contributed by atoms with Gasteiger partial charge in [-0.1, -0.05) is 39.3 Å². The standard InChI is InChI=1S/C26H34N4O4S/c1-26(2,3)20-10-8-19(9-11-20)25(32)28-18-16-24(31)29-21-12-14-22(15-13-21)35(33,34)30-23-7-5-4-6-17-27-23/h8-15H,4-7,16-18H2,1-3H3,(H,27,30)(H,28,32)(H,29,31). The molecule has 2 aromatic carbocycles. The van der Waals surface area contributed by atoms with Crippen LogP contribution in [0, 0.1) is 0 Å². The Morgan fingerprint density at radius 3 is 2.29 bits per heavy atom. The largest absolute Gasteiger partial charge is 0.352 e. The highest BCUT2D eigenvalue weighted by Crippen LogP contribution is 2.22. The first kappa shape index (κ1) is 26.4. The highest BCUT2D eigenvalue weighted by molar-refractivity contribution is 7.90. The Morgan fingerprint density at radius 2 is 1.63 bits per heavy atom. The van der Waals surface area contributed by atoms with Gasteiger partial charge >= 0.3 is 0 Å². The van der Waals surface area contributed by atoms with Gasteiger partial charge in [0.05, 0.1) is 4.90 Å². The maximum Gasteiger partial charge on any atom is 0.262 e. The molecule has 35 heavy (non-hydrogen) atoms. The fourth-order valence-corrected chi connectivity index (χ4v) is 4.71. The summed E-state index contributed by atoms with van der Waals surface area (Å²) in [6, 6.07) is 13.4. The summed E-state index contributed by atoms with van der Waals surface area (Å²) < 4.78 is 27.8. The van der Waals surface area contributed by atoms with E-state index in [1.165, 1.54) is 24.3 Å². The van der Waals surface area contributed by atoms with Crippen molar-refractivity contribution in [2.45, 2.75) is 63.2 Å². The monoisotopic (exact) mass is 498 g/mol. The van der Waals surface area contributed by atoms with Crippen LogP contribution in [-0.2, 0) is 20.2 Å². The van der Waals surface area contributed by atoms with Crippen LogP contribution >= 0.6 is 0 Å². The predicted molar refractivity (Wildman–Crippen MR) is 138 cm³/mol. The molecule has 3 N–H and O–H groups in total. The first-order valence-electron chi connectivity index (χ1n) is 11.9. The number of rotatable bonds is 7. The van der Waals surface area contributed by atoms with Crippen molar-refractivity contribution in [2.75, 3.05) is 18.4 Å². The molecule has 2 amide bonds. The number of aliphatic imine (C=N–C) groups is 1. The molecule has 1 aliphatic rings. The van der Waals surface area contributed by atoms with Gasteiger partial charge in [-0.05, 0) is 60.2 Å². The number of amides is 2. The van der Waals surface area contributed by atoms with Crippen LogP contribution in [0.15, 0.2) is 58.4 Å². The molecule has 0 aromatic heterocycles. The van der Waals surface area contributed by atoms with Crippen molar-refractivity contribution < 1.29 is 18.0 Å². The molecule has 0 spiro atoms. The highest BCUT2D eigenvalue weighted by Gasteiger charge is 2.18. The van der Waals surface area contributed by atoms with Gasteiger partial charge in [-0.3, -0.25) is 19.3 Å². The first-order valence-corrected chi connectivity index (χ1v) is 13.4. The van der Waals surface area contributed by atoms with E-state index in [9.17, 15) is 18.0 Å². The molecule has 9 heteroatoms. The molecular weight excluding hydrogens is 464 g/mol. The van der Waals surface area contributed by atoms with Crippen molar-refractivity contribution in [1.82, 2.24) is 10.0 Å². The molecule has 188 valence electrons. The molecule has 1 heterocycles. The smallest absolute Gasteiger partial charge is 0.262 e. The summed E-state index contributed by atoms with van der Waals surface area (Å²) in [4.78, 5) is 29.0. The molecule has 0 atom stereocenters. The Morgan fingerprint density at radius 1 is 0.943 bits per heavy atom. The minimum atomic E-state index is -3.72. The number of carbonyl (C=O) groups is 2. The molecule has 0 aliphatic carbocycles. The number of benzene rings is 2. The second-order valence-electron chi connectivity index (χ2n) is 9.65. The lowest BCUT2D eigenvalue weighted by Gasteiger charge is -2.19. The number of anilines is 1. The molecular formula is C26H34N4O4S. The lowest BCUT2D eigenvalue weighted by atomic mass is 9.87. The van der Waals surface area contributed by atoms with Crippen LogP contribution in [0.2, 0.25) is 0 Å². The van der Waals surface area contributed by atoms with E-state index in [1.807, 2.05) is 12.1 Å². The van der Waals surface area contributed by atoms with Gasteiger partial charge in [-0.15, -0.1) is 0 Å². The summed E-state index contributed by atoms with van der Waals surface area (Å²) in [5, 5.41) is 5.47. The third-order valence-electron chi connectivity index (χ3n) is 5.73. The van der Waals surface area contributed by atoms with Crippen LogP contribution in [0.5, 0.6) is 0 Å². The van der Waals surface area contributed by atoms with E-state index < -0.39 is 10.0 Å². The van der Waals surface area contributed by atoms with E-state index in [0.717, 1.165) is 24.8 Å². The first-order chi connectivity index (χ1) is 16.5. The average molecular weight is 499 g/mol. The molecule has 3 rings (SSSR count). The third kappa shape index (κ3) is 7.92. The summed E-state index contributed by atoms with van der Waals surface area (Å²) in [6.45, 7) is 7.14. The van der Waals surface area contributed by atoms with Crippen molar-refractivity contribution in [3.05, 3.63) is 59.7 Å². The molecule has 2 aromatic rings. The molecule has 0 saturated carbocycles. The molecule has 0 fully saturated rings. The van der Waals surface area contributed by atoms with Crippen molar-refractivity contribution in [3.8, 4) is 0 Å². The van der Waals surface area contributed by atoms with Crippen LogP contribution < -0.4 is 15.4 Å². The third-order valence-corrected chi connectivity index (χ3v) is 7.12. The molecule has 1 aliphatic heterocycles. The van der Waals surface area contributed by atoms with Crippen LogP contribution in [0.1, 0.15) is 68.8 Å². The van der Waals surface area contributed by atoms with Crippen molar-refractivity contribution in [2.24, 2.45) is 4.99 Å². The number of nitrogens with one attached hydrogen (secondary N) is 3. The second kappa shape index (κ2) is 11.5. The number of hydrogen-bond acceptors (Lipinski definition) is 5. The van der Waals surface area contributed by atoms with Crippen molar-refractivity contribution in [3.63, 3.8) is 0 Å². The summed E-state index contributed by atoms with van der Waals surface area (Å²) in [5.74, 6) is -0.0272. The highest BCUT2D eigenvalue weighted by atomic mass is 32.2. The lowest BCUT2D eigenvalue weighted by Crippen LogP contribution is -2.30. The molecule has 0 unspecified atom stereocenters. The summed E-state index contributed by atoms with van der Waals surface area (Å²) in [7, 11) is -3.72. The van der Waals surface area contributed by atoms with Gasteiger partial charge in [0.25, 0.3) is 15.9 Å². The van der Waals surface area contributed by atoms with E-state index in [0.29, 0.717) is 30.1 Å². The topological polar surface area (TPSA) is 117 Å². The zero-order valence-corrected chi connectivity index (χ0v) is 21.4. The van der Waals surface area contributed by atoms with Crippen molar-refractivity contribution >= 4 is 33.4 Å². The second-order valence-corrected chi connectivity index (χ2v) is 11.3. The van der Waals surface area contributed by atoms with Gasteiger partial charge in [-0.2, -0.15) is 0 Å². The van der Waals surface area contributed by atoms with Crippen LogP contribution in [0.4, 0.5) is 5.69 Å². The summed E-state index contributed by atoms with van der Waals surface area (Å²) in [5.41, 5.74) is 2.17. The summed E-state index contributed by atoms with van der Waals surface area (Å²) >= 11 is 0. The maximum atomic E-state index is 12.6. The number of hydrogen-bond donors (Lipinski definition) is 3. The SMILES string of the molecule is CC(C)(C)c1ccc(C(=O)NCCC(=O)Nc2ccc(S(=O)(=O)NC3=NCCCCC3)cc2)cc1. The van der Waals surface area contributed by atoms with Crippen LogP contribution in [-0.4, -0.2) is 39.2 Å². The zero-order valence-electron chi connectivity index (χ0n) is 20.6. The van der Waals surface area contributed by atoms with E-state index in [2.05, 4.69) is 41.1 Å². The van der Waals surface area contributed by atoms with Gasteiger partial charge in [0.1, 0.15) is 5.84 Å². The Balaban J connectivity index is 1.47. The lowest BCUT2D eigenvalue weighted by molar-refractivity contribution is -0.116. The van der Waals surface area contributed by atoms with Crippen LogP contribution in [0.3, 0.4) is 0 Å². The predicted octanol–water partition coefficient (Wildman–Crippen LogP) is 3.99. The minimum Gasteiger partial charge on any atom is -0.352 e. The van der Waals surface area contributed by atoms with Gasteiger partial charge in [-0.25, -0.2) is 8.42 Å². The summed E-state index contributed by atoms with van der Waals surface area (Å²) in [6.07, 6.45) is 3.63. The van der Waals surface area contributed by atoms with Crippen LogP contribution in [0.25, 0.3) is 0 Å². The molecule has 0 radical (unpaired) electrons. The Hall–Kier alpha value is -3.20. The Labute approximate surface area is 207 Å². The van der Waals surface area contributed by atoms with Gasteiger partial charge in [0, 0.05) is 37.2 Å². The fraction of sp³-hybridized carbons (Fsp3) is 0.423. The maximum absolute atomic E-state index is 12.6. The Bertz CT molecular complexity index is 1170. The quantitative estimate of drug-likeness (QED) is 0.535. The van der Waals surface area contributed by atoms with E-state index in [4.69, 9.17) is 0 Å². The molecule has 0 saturated heterocycles. The fourth-order valence-electron chi connectivity index (χ4n) is 3.63. The van der Waals surface area contributed by atoms with Gasteiger partial charge in [0.15, 0.2) is 0 Å². The average Bonchev–Trinajstić information content (AvgIpc) is 3.07. The number of amidine groups is 1. The van der Waals surface area contributed by atoms with Gasteiger partial charge in [0.2, 0.25) is 5.91 Å². The molecule has 8 nitrogen and oxygen atoms in total. The minimum absolute atomic E-state index is 0.00951. The van der Waals surface area contributed by atoms with E-state index in [-0.39, 0.29) is 35.1 Å². The van der Waals surface area contributed by atoms with Crippen molar-refractivity contribution in [1.29, 1.82) is 0 Å². The van der Waals surface area contributed by atoms with E-state index >= 15 is 0 Å².